The second-order valence-corrected chi connectivity index (χ2v) is 10.3. The van der Waals surface area contributed by atoms with Crippen LogP contribution < -0.4 is 10.0 Å². The number of carbonyl (C=O) groups excluding carboxylic acids is 3. The molecule has 3 fully saturated rings. The highest BCUT2D eigenvalue weighted by Gasteiger charge is 2.59. The molecule has 2 amide bonds. The summed E-state index contributed by atoms with van der Waals surface area (Å²) in [6.07, 6.45) is 0.566. The van der Waals surface area contributed by atoms with E-state index in [1.165, 1.54) is 22.9 Å². The lowest BCUT2D eigenvalue weighted by Crippen LogP contribution is -2.64. The SMILES string of the molecule is COC1CN(C(=O)c2coc(N3CC(SC4=C(C(=O)[O-])N5C(=O)[C@H]([C@@H](C)O)[C@H]5[C@H]4C)C3)n2)C1. The van der Waals surface area contributed by atoms with Gasteiger partial charge in [0.05, 0.1) is 35.8 Å². The summed E-state index contributed by atoms with van der Waals surface area (Å²) in [5.74, 6) is -2.75. The third-order valence-corrected chi connectivity index (χ3v) is 8.34. The van der Waals surface area contributed by atoms with Crippen molar-refractivity contribution in [1.82, 2.24) is 14.8 Å². The number of β-lactam (4-membered cyclic amide) rings is 1. The van der Waals surface area contributed by atoms with Crippen LogP contribution in [0.25, 0.3) is 0 Å². The van der Waals surface area contributed by atoms with Gasteiger partial charge in [-0.25, -0.2) is 0 Å². The standard InChI is InChI=1S/C21H26N4O7S/c1-9-15-14(10(2)26)19(28)25(15)16(20(29)30)17(9)33-12-6-24(7-12)21-22-13(8-32-21)18(27)23-4-11(5-23)31-3/h8-12,14-15,26H,4-7H2,1-3H3,(H,29,30)/p-1/t9-,10-,14-,15-/m1/s1. The number of rotatable bonds is 7. The second-order valence-electron chi connectivity index (χ2n) is 8.98. The molecule has 1 N–H and O–H groups in total. The zero-order valence-electron chi connectivity index (χ0n) is 18.5. The number of aliphatic hydroxyl groups excluding tert-OH is 1. The van der Waals surface area contributed by atoms with Crippen LogP contribution in [0.4, 0.5) is 6.01 Å². The zero-order chi connectivity index (χ0) is 23.6. The van der Waals surface area contributed by atoms with Gasteiger partial charge in [-0.05, 0) is 6.92 Å². The normalized spacial score (nSPS) is 28.4. The van der Waals surface area contributed by atoms with Gasteiger partial charge in [0, 0.05) is 49.4 Å². The van der Waals surface area contributed by atoms with E-state index in [2.05, 4.69) is 4.98 Å². The zero-order valence-corrected chi connectivity index (χ0v) is 19.3. The molecule has 5 heterocycles. The quantitative estimate of drug-likeness (QED) is 0.481. The maximum atomic E-state index is 12.4. The van der Waals surface area contributed by atoms with Crippen LogP contribution in [0.15, 0.2) is 21.3 Å². The molecule has 0 spiro atoms. The van der Waals surface area contributed by atoms with Gasteiger partial charge in [-0.1, -0.05) is 6.92 Å². The molecule has 33 heavy (non-hydrogen) atoms. The molecule has 1 aromatic rings. The van der Waals surface area contributed by atoms with Gasteiger partial charge < -0.3 is 38.9 Å². The fourth-order valence-electron chi connectivity index (χ4n) is 4.94. The number of carboxylic acid groups (broad SMARTS) is 1. The molecular weight excluding hydrogens is 452 g/mol. The molecule has 178 valence electrons. The molecular formula is C21H25N4O7S-. The van der Waals surface area contributed by atoms with Crippen molar-refractivity contribution in [3.63, 3.8) is 0 Å². The van der Waals surface area contributed by atoms with Crippen LogP contribution in [-0.2, 0) is 14.3 Å². The number of aromatic nitrogens is 1. The Kier molecular flexibility index (Phi) is 5.41. The molecule has 11 nitrogen and oxygen atoms in total. The van der Waals surface area contributed by atoms with Crippen LogP contribution >= 0.6 is 11.8 Å². The lowest BCUT2D eigenvalue weighted by Gasteiger charge is -2.47. The van der Waals surface area contributed by atoms with Gasteiger partial charge in [0.1, 0.15) is 6.26 Å². The molecule has 1 aromatic heterocycles. The molecule has 3 saturated heterocycles. The number of methoxy groups -OCH3 is 1. The maximum absolute atomic E-state index is 12.4. The summed E-state index contributed by atoms with van der Waals surface area (Å²) in [5.41, 5.74) is 0.167. The first-order valence-corrected chi connectivity index (χ1v) is 11.7. The maximum Gasteiger partial charge on any atom is 0.298 e. The van der Waals surface area contributed by atoms with Crippen LogP contribution in [0, 0.1) is 11.8 Å². The molecule has 0 radical (unpaired) electrons. The third-order valence-electron chi connectivity index (χ3n) is 6.89. The predicted molar refractivity (Wildman–Crippen MR) is 114 cm³/mol. The summed E-state index contributed by atoms with van der Waals surface area (Å²) in [4.78, 5) is 46.4. The highest BCUT2D eigenvalue weighted by molar-refractivity contribution is 8.03. The average molecular weight is 478 g/mol. The molecule has 0 unspecified atom stereocenters. The summed E-state index contributed by atoms with van der Waals surface area (Å²) in [6.45, 7) is 5.61. The molecule has 0 saturated carbocycles. The molecule has 0 aliphatic carbocycles. The van der Waals surface area contributed by atoms with Gasteiger partial charge in [-0.15, -0.1) is 11.8 Å². The monoisotopic (exact) mass is 477 g/mol. The van der Waals surface area contributed by atoms with Crippen molar-refractivity contribution in [2.24, 2.45) is 11.8 Å². The number of anilines is 1. The Labute approximate surface area is 194 Å². The van der Waals surface area contributed by atoms with E-state index in [1.807, 2.05) is 11.8 Å². The Bertz CT molecular complexity index is 1030. The van der Waals surface area contributed by atoms with E-state index in [1.54, 1.807) is 18.9 Å². The topological polar surface area (TPSA) is 139 Å². The van der Waals surface area contributed by atoms with E-state index < -0.39 is 18.0 Å². The highest BCUT2D eigenvalue weighted by atomic mass is 32.2. The van der Waals surface area contributed by atoms with Crippen molar-refractivity contribution in [2.45, 2.75) is 37.3 Å². The van der Waals surface area contributed by atoms with Crippen molar-refractivity contribution in [1.29, 1.82) is 0 Å². The number of hydrogen-bond donors (Lipinski definition) is 1. The first-order valence-electron chi connectivity index (χ1n) is 10.9. The summed E-state index contributed by atoms with van der Waals surface area (Å²) in [7, 11) is 1.61. The number of carbonyl (C=O) groups is 3. The molecule has 5 rings (SSSR count). The molecule has 0 aromatic carbocycles. The first-order chi connectivity index (χ1) is 15.7. The second kappa shape index (κ2) is 8.03. The van der Waals surface area contributed by atoms with Crippen molar-refractivity contribution in [3.05, 3.63) is 22.6 Å². The van der Waals surface area contributed by atoms with Gasteiger partial charge in [0.25, 0.3) is 11.9 Å². The lowest BCUT2D eigenvalue weighted by atomic mass is 9.79. The van der Waals surface area contributed by atoms with Gasteiger partial charge in [0.2, 0.25) is 5.91 Å². The fourth-order valence-corrected chi connectivity index (χ4v) is 6.46. The summed E-state index contributed by atoms with van der Waals surface area (Å²) >= 11 is 1.42. The van der Waals surface area contributed by atoms with E-state index in [0.717, 1.165) is 0 Å². The molecule has 4 atom stereocenters. The Hall–Kier alpha value is -2.57. The number of ether oxygens (including phenoxy) is 1. The minimum absolute atomic E-state index is 0.0596. The summed E-state index contributed by atoms with van der Waals surface area (Å²) in [6, 6.07) is -0.00985. The fraction of sp³-hybridized carbons (Fsp3) is 0.619. The van der Waals surface area contributed by atoms with E-state index >= 15 is 0 Å². The number of likely N-dealkylation sites (tertiary alicyclic amines) is 1. The molecule has 12 heteroatoms. The number of fused-ring (bicyclic) bond motifs is 1. The van der Waals surface area contributed by atoms with Crippen LogP contribution in [0.2, 0.25) is 0 Å². The van der Waals surface area contributed by atoms with Crippen molar-refractivity contribution in [3.8, 4) is 0 Å². The van der Waals surface area contributed by atoms with E-state index in [4.69, 9.17) is 9.15 Å². The number of nitrogens with zero attached hydrogens (tertiary/aromatic N) is 4. The number of thioether (sulfide) groups is 1. The minimum Gasteiger partial charge on any atom is -0.543 e. The lowest BCUT2D eigenvalue weighted by molar-refractivity contribution is -0.301. The Morgan fingerprint density at radius 2 is 2.03 bits per heavy atom. The molecule has 0 bridgehead atoms. The van der Waals surface area contributed by atoms with E-state index in [9.17, 15) is 24.6 Å². The van der Waals surface area contributed by atoms with Crippen molar-refractivity contribution in [2.75, 3.05) is 38.2 Å². The van der Waals surface area contributed by atoms with Gasteiger partial charge >= 0.3 is 0 Å². The largest absolute Gasteiger partial charge is 0.543 e. The molecule has 4 aliphatic heterocycles. The Morgan fingerprint density at radius 1 is 1.33 bits per heavy atom. The third kappa shape index (κ3) is 3.42. The first kappa shape index (κ1) is 22.2. The van der Waals surface area contributed by atoms with Gasteiger partial charge in [0.15, 0.2) is 5.69 Å². The number of amides is 2. The van der Waals surface area contributed by atoms with Crippen molar-refractivity contribution >= 4 is 35.6 Å². The van der Waals surface area contributed by atoms with Gasteiger partial charge in [-0.2, -0.15) is 4.98 Å². The smallest absolute Gasteiger partial charge is 0.298 e. The van der Waals surface area contributed by atoms with E-state index in [-0.39, 0.29) is 46.5 Å². The highest BCUT2D eigenvalue weighted by Crippen LogP contribution is 2.51. The van der Waals surface area contributed by atoms with Crippen molar-refractivity contribution < 1.29 is 33.8 Å². The van der Waals surface area contributed by atoms with Crippen LogP contribution in [0.5, 0.6) is 0 Å². The van der Waals surface area contributed by atoms with Crippen LogP contribution in [0.1, 0.15) is 24.3 Å². The summed E-state index contributed by atoms with van der Waals surface area (Å²) in [5, 5.41) is 21.8. The minimum atomic E-state index is -1.38. The Balaban J connectivity index is 1.21. The Morgan fingerprint density at radius 3 is 2.64 bits per heavy atom. The number of aliphatic hydroxyl groups is 1. The average Bonchev–Trinajstić information content (AvgIpc) is 3.25. The number of oxazole rings is 1. The van der Waals surface area contributed by atoms with E-state index in [0.29, 0.717) is 37.1 Å². The number of aliphatic carboxylic acids is 1. The number of hydrogen-bond acceptors (Lipinski definition) is 10. The van der Waals surface area contributed by atoms with Crippen LogP contribution in [0.3, 0.4) is 0 Å². The summed E-state index contributed by atoms with van der Waals surface area (Å²) < 4.78 is 10.7. The molecule has 4 aliphatic rings. The van der Waals surface area contributed by atoms with Gasteiger partial charge in [-0.3, -0.25) is 9.59 Å². The predicted octanol–water partition coefficient (Wildman–Crippen LogP) is -1.11. The van der Waals surface area contributed by atoms with Crippen LogP contribution in [-0.4, -0.2) is 94.5 Å². The number of carboxylic acids is 1.